The van der Waals surface area contributed by atoms with Gasteiger partial charge in [-0.25, -0.2) is 4.79 Å². The number of hydrogen-bond donors (Lipinski definition) is 1. The maximum atomic E-state index is 11.4. The lowest BCUT2D eigenvalue weighted by Gasteiger charge is -2.20. The van der Waals surface area contributed by atoms with Crippen molar-refractivity contribution in [2.75, 3.05) is 13.2 Å². The average Bonchev–Trinajstić information content (AvgIpc) is 2.59. The molecule has 0 unspecified atom stereocenters. The third kappa shape index (κ3) is 2.49. The van der Waals surface area contributed by atoms with Crippen molar-refractivity contribution in [3.8, 4) is 0 Å². The summed E-state index contributed by atoms with van der Waals surface area (Å²) in [6, 6.07) is 0. The first-order chi connectivity index (χ1) is 7.07. The summed E-state index contributed by atoms with van der Waals surface area (Å²) < 4.78 is 5.22. The Morgan fingerprint density at radius 3 is 2.67 bits per heavy atom. The van der Waals surface area contributed by atoms with E-state index in [-0.39, 0.29) is 17.4 Å². The molecular weight excluding hydrogens is 198 g/mol. The number of carboxylic acid groups (broad SMARTS) is 1. The van der Waals surface area contributed by atoms with Crippen LogP contribution in [0.3, 0.4) is 0 Å². The highest BCUT2D eigenvalue weighted by Crippen LogP contribution is 2.20. The van der Waals surface area contributed by atoms with E-state index in [1.165, 1.54) is 11.8 Å². The monoisotopic (exact) mass is 213 g/mol. The van der Waals surface area contributed by atoms with Crippen LogP contribution in [0, 0.1) is 0 Å². The third-order valence-corrected chi connectivity index (χ3v) is 2.24. The van der Waals surface area contributed by atoms with Crippen LogP contribution in [0.25, 0.3) is 0 Å². The molecule has 1 saturated heterocycles. The minimum Gasteiger partial charge on any atom is -0.479 e. The normalized spacial score (nSPS) is 17.7. The minimum atomic E-state index is -1.06. The molecule has 1 rings (SSSR count). The lowest BCUT2D eigenvalue weighted by atomic mass is 10.3. The van der Waals surface area contributed by atoms with E-state index in [0.29, 0.717) is 19.6 Å². The molecule has 0 aliphatic carbocycles. The van der Waals surface area contributed by atoms with Gasteiger partial charge < -0.3 is 9.84 Å². The van der Waals surface area contributed by atoms with Crippen LogP contribution in [0.2, 0.25) is 0 Å². The topological polar surface area (TPSA) is 66.8 Å². The fraction of sp³-hybridized carbons (Fsp3) is 0.600. The van der Waals surface area contributed by atoms with Crippen LogP contribution in [-0.2, 0) is 14.3 Å². The van der Waals surface area contributed by atoms with Gasteiger partial charge in [-0.1, -0.05) is 0 Å². The van der Waals surface area contributed by atoms with Gasteiger partial charge >= 0.3 is 5.97 Å². The van der Waals surface area contributed by atoms with Gasteiger partial charge in [-0.2, -0.15) is 0 Å². The number of rotatable bonds is 4. The highest BCUT2D eigenvalue weighted by molar-refractivity contribution is 5.88. The van der Waals surface area contributed by atoms with Crippen LogP contribution in [0.5, 0.6) is 0 Å². The summed E-state index contributed by atoms with van der Waals surface area (Å²) in [5.74, 6) is -0.940. The Morgan fingerprint density at radius 2 is 2.27 bits per heavy atom. The second-order valence-electron chi connectivity index (χ2n) is 3.32. The van der Waals surface area contributed by atoms with Gasteiger partial charge in [-0.05, 0) is 20.3 Å². The van der Waals surface area contributed by atoms with Gasteiger partial charge in [0, 0.05) is 13.0 Å². The van der Waals surface area contributed by atoms with Crippen LogP contribution >= 0.6 is 0 Å². The van der Waals surface area contributed by atoms with Crippen molar-refractivity contribution in [2.24, 2.45) is 0 Å². The molecule has 1 N–H and O–H groups in total. The third-order valence-electron chi connectivity index (χ3n) is 2.24. The predicted molar refractivity (Wildman–Crippen MR) is 52.9 cm³/mol. The molecule has 0 aromatic heterocycles. The summed E-state index contributed by atoms with van der Waals surface area (Å²) >= 11 is 0. The predicted octanol–water partition coefficient (Wildman–Crippen LogP) is 0.961. The van der Waals surface area contributed by atoms with Crippen molar-refractivity contribution >= 4 is 11.9 Å². The van der Waals surface area contributed by atoms with Gasteiger partial charge in [0.1, 0.15) is 0 Å². The smallest absolute Gasteiger partial charge is 0.336 e. The molecule has 1 aliphatic heterocycles. The zero-order valence-electron chi connectivity index (χ0n) is 8.95. The van der Waals surface area contributed by atoms with E-state index >= 15 is 0 Å². The molecule has 0 saturated carbocycles. The van der Waals surface area contributed by atoms with Gasteiger partial charge in [0.05, 0.1) is 12.2 Å². The molecule has 0 radical (unpaired) electrons. The van der Waals surface area contributed by atoms with Gasteiger partial charge in [0.25, 0.3) is 0 Å². The molecule has 84 valence electrons. The van der Waals surface area contributed by atoms with Crippen LogP contribution in [0.1, 0.15) is 26.7 Å². The number of likely N-dealkylation sites (tertiary alicyclic amines) is 1. The van der Waals surface area contributed by atoms with Crippen LogP contribution in [-0.4, -0.2) is 35.0 Å². The zero-order chi connectivity index (χ0) is 11.4. The molecule has 1 amide bonds. The molecule has 1 aliphatic rings. The number of ether oxygens (including phenoxy) is 1. The van der Waals surface area contributed by atoms with Crippen LogP contribution < -0.4 is 0 Å². The van der Waals surface area contributed by atoms with Crippen LogP contribution in [0.4, 0.5) is 0 Å². The molecule has 0 spiro atoms. The molecular formula is C10H15NO4. The van der Waals surface area contributed by atoms with E-state index in [1.54, 1.807) is 6.92 Å². The zero-order valence-corrected chi connectivity index (χ0v) is 8.95. The lowest BCUT2D eigenvalue weighted by molar-refractivity contribution is -0.133. The largest absolute Gasteiger partial charge is 0.479 e. The quantitative estimate of drug-likeness (QED) is 0.558. The van der Waals surface area contributed by atoms with Crippen LogP contribution in [0.15, 0.2) is 11.5 Å². The summed E-state index contributed by atoms with van der Waals surface area (Å²) in [7, 11) is 0. The maximum Gasteiger partial charge on any atom is 0.336 e. The Morgan fingerprint density at radius 1 is 1.60 bits per heavy atom. The van der Waals surface area contributed by atoms with Gasteiger partial charge in [-0.3, -0.25) is 9.69 Å². The van der Waals surface area contributed by atoms with Crippen molar-refractivity contribution in [3.05, 3.63) is 11.5 Å². The van der Waals surface area contributed by atoms with E-state index < -0.39 is 5.97 Å². The number of aliphatic carboxylic acids is 1. The first-order valence-electron chi connectivity index (χ1n) is 4.95. The average molecular weight is 213 g/mol. The van der Waals surface area contributed by atoms with Gasteiger partial charge in [-0.15, -0.1) is 0 Å². The van der Waals surface area contributed by atoms with Crippen molar-refractivity contribution < 1.29 is 19.4 Å². The SMILES string of the molecule is CCOC(=C(C)C(=O)O)N1CCCC1=O. The molecule has 0 bridgehead atoms. The number of nitrogens with zero attached hydrogens (tertiary/aromatic N) is 1. The number of amides is 1. The molecule has 0 aromatic carbocycles. The van der Waals surface area contributed by atoms with E-state index in [1.807, 2.05) is 0 Å². The summed E-state index contributed by atoms with van der Waals surface area (Å²) in [6.07, 6.45) is 1.21. The van der Waals surface area contributed by atoms with Crippen molar-refractivity contribution in [2.45, 2.75) is 26.7 Å². The van der Waals surface area contributed by atoms with Crippen molar-refractivity contribution in [1.82, 2.24) is 4.90 Å². The molecule has 5 nitrogen and oxygen atoms in total. The summed E-state index contributed by atoms with van der Waals surface area (Å²) in [5, 5.41) is 8.85. The van der Waals surface area contributed by atoms with Crippen molar-refractivity contribution in [1.29, 1.82) is 0 Å². The molecule has 5 heteroatoms. The molecule has 1 fully saturated rings. The summed E-state index contributed by atoms with van der Waals surface area (Å²) in [4.78, 5) is 23.6. The minimum absolute atomic E-state index is 0.0703. The van der Waals surface area contributed by atoms with E-state index in [2.05, 4.69) is 0 Å². The highest BCUT2D eigenvalue weighted by Gasteiger charge is 2.27. The number of carbonyl (C=O) groups is 2. The fourth-order valence-corrected chi connectivity index (χ4v) is 1.48. The summed E-state index contributed by atoms with van der Waals surface area (Å²) in [6.45, 7) is 4.09. The van der Waals surface area contributed by atoms with Gasteiger partial charge in [0.2, 0.25) is 11.8 Å². The molecule has 0 aromatic rings. The Hall–Kier alpha value is -1.52. The summed E-state index contributed by atoms with van der Waals surface area (Å²) in [5.41, 5.74) is 0.0760. The van der Waals surface area contributed by atoms with Crippen molar-refractivity contribution in [3.63, 3.8) is 0 Å². The van der Waals surface area contributed by atoms with E-state index in [0.717, 1.165) is 6.42 Å². The first-order valence-corrected chi connectivity index (χ1v) is 4.95. The molecule has 0 atom stereocenters. The second kappa shape index (κ2) is 4.82. The standard InChI is InChI=1S/C10H15NO4/c1-3-15-9(7(2)10(13)14)11-6-4-5-8(11)12/h3-6H2,1-2H3,(H,13,14). The molecule has 15 heavy (non-hydrogen) atoms. The fourth-order valence-electron chi connectivity index (χ4n) is 1.48. The molecule has 1 heterocycles. The Kier molecular flexibility index (Phi) is 3.71. The number of carbonyl (C=O) groups excluding carboxylic acids is 1. The lowest BCUT2D eigenvalue weighted by Crippen LogP contribution is -2.28. The Labute approximate surface area is 88.3 Å². The first kappa shape index (κ1) is 11.6. The Balaban J connectivity index is 2.96. The van der Waals surface area contributed by atoms with E-state index in [9.17, 15) is 9.59 Å². The second-order valence-corrected chi connectivity index (χ2v) is 3.32. The number of hydrogen-bond acceptors (Lipinski definition) is 3. The Bertz CT molecular complexity index is 309. The van der Waals surface area contributed by atoms with E-state index in [4.69, 9.17) is 9.84 Å². The van der Waals surface area contributed by atoms with Gasteiger partial charge in [0.15, 0.2) is 0 Å². The number of carboxylic acids is 1. The maximum absolute atomic E-state index is 11.4. The highest BCUT2D eigenvalue weighted by atomic mass is 16.5.